The maximum Gasteiger partial charge on any atom is 0.252 e. The third-order valence-electron chi connectivity index (χ3n) is 4.19. The zero-order chi connectivity index (χ0) is 18.0. The Labute approximate surface area is 146 Å². The number of hydrogen-bond donors (Lipinski definition) is 2. The predicted molar refractivity (Wildman–Crippen MR) is 96.8 cm³/mol. The molecule has 1 amide bonds. The molecule has 0 radical (unpaired) electrons. The molecule has 2 heterocycles. The molecule has 0 unspecified atom stereocenters. The lowest BCUT2D eigenvalue weighted by molar-refractivity contribution is 0.0955. The number of hydrogen-bond acceptors (Lipinski definition) is 4. The zero-order valence-electron chi connectivity index (χ0n) is 14.7. The van der Waals surface area contributed by atoms with Crippen LogP contribution in [0.15, 0.2) is 30.3 Å². The van der Waals surface area contributed by atoms with Gasteiger partial charge in [-0.15, -0.1) is 0 Å². The van der Waals surface area contributed by atoms with Crippen LogP contribution < -0.4 is 5.32 Å². The van der Waals surface area contributed by atoms with Crippen LogP contribution in [-0.2, 0) is 13.0 Å². The fraction of sp³-hybridized carbons (Fsp3) is 0.316. The maximum absolute atomic E-state index is 12.7. The largest absolute Gasteiger partial charge is 0.508 e. The Morgan fingerprint density at radius 1 is 1.24 bits per heavy atom. The van der Waals surface area contributed by atoms with Crippen LogP contribution in [0.2, 0.25) is 0 Å². The highest BCUT2D eigenvalue weighted by Gasteiger charge is 2.18. The van der Waals surface area contributed by atoms with E-state index in [-0.39, 0.29) is 11.7 Å². The molecule has 0 atom stereocenters. The number of nitrogens with one attached hydrogen (secondary N) is 1. The third kappa shape index (κ3) is 3.47. The third-order valence-corrected chi connectivity index (χ3v) is 4.19. The van der Waals surface area contributed by atoms with Crippen LogP contribution in [0.5, 0.6) is 5.75 Å². The molecule has 2 aromatic heterocycles. The van der Waals surface area contributed by atoms with Crippen LogP contribution in [-0.4, -0.2) is 32.3 Å². The van der Waals surface area contributed by atoms with Crippen LogP contribution in [0.25, 0.3) is 11.0 Å². The number of phenolic OH excluding ortho intramolecular Hbond substituents is 1. The van der Waals surface area contributed by atoms with E-state index in [9.17, 15) is 9.90 Å². The van der Waals surface area contributed by atoms with Gasteiger partial charge >= 0.3 is 0 Å². The van der Waals surface area contributed by atoms with Crippen LogP contribution in [0.3, 0.4) is 0 Å². The smallest absolute Gasteiger partial charge is 0.252 e. The van der Waals surface area contributed by atoms with Crippen LogP contribution in [0, 0.1) is 13.8 Å². The first-order chi connectivity index (χ1) is 12.0. The molecule has 0 fully saturated rings. The SMILES string of the molecule is CCn1nc(C)c2c(C(=O)NCCc3ccc(O)cc3)cc(C)nc21. The topological polar surface area (TPSA) is 80.0 Å². The molecule has 6 heteroatoms. The van der Waals surface area contributed by atoms with Crippen LogP contribution >= 0.6 is 0 Å². The Morgan fingerprint density at radius 2 is 1.96 bits per heavy atom. The predicted octanol–water partition coefficient (Wildman–Crippen LogP) is 2.75. The molecule has 25 heavy (non-hydrogen) atoms. The van der Waals surface area contributed by atoms with Crippen molar-refractivity contribution in [3.63, 3.8) is 0 Å². The number of pyridine rings is 1. The lowest BCUT2D eigenvalue weighted by atomic mass is 10.1. The number of nitrogens with zero attached hydrogens (tertiary/aromatic N) is 3. The number of carbonyl (C=O) groups excluding carboxylic acids is 1. The molecule has 0 saturated carbocycles. The average Bonchev–Trinajstić information content (AvgIpc) is 2.91. The van der Waals surface area contributed by atoms with Gasteiger partial charge in [0.1, 0.15) is 5.75 Å². The molecule has 2 N–H and O–H groups in total. The highest BCUT2D eigenvalue weighted by atomic mass is 16.3. The van der Waals surface area contributed by atoms with Gasteiger partial charge < -0.3 is 10.4 Å². The molecular formula is C19H22N4O2. The molecule has 3 rings (SSSR count). The van der Waals surface area contributed by atoms with Crippen molar-refractivity contribution >= 4 is 16.9 Å². The summed E-state index contributed by atoms with van der Waals surface area (Å²) in [6.07, 6.45) is 0.701. The fourth-order valence-electron chi connectivity index (χ4n) is 2.96. The van der Waals surface area contributed by atoms with Crippen molar-refractivity contribution in [2.75, 3.05) is 6.54 Å². The number of amides is 1. The van der Waals surface area contributed by atoms with Crippen molar-refractivity contribution in [1.29, 1.82) is 0 Å². The number of rotatable bonds is 5. The lowest BCUT2D eigenvalue weighted by Gasteiger charge is -2.08. The molecule has 0 aliphatic rings. The molecule has 0 spiro atoms. The second-order valence-corrected chi connectivity index (χ2v) is 6.08. The van der Waals surface area contributed by atoms with Gasteiger partial charge in [0, 0.05) is 18.8 Å². The van der Waals surface area contributed by atoms with E-state index >= 15 is 0 Å². The Bertz CT molecular complexity index is 913. The van der Waals surface area contributed by atoms with Gasteiger partial charge in [0.25, 0.3) is 5.91 Å². The van der Waals surface area contributed by atoms with Gasteiger partial charge in [0.2, 0.25) is 0 Å². The van der Waals surface area contributed by atoms with Gasteiger partial charge in [-0.25, -0.2) is 9.67 Å². The summed E-state index contributed by atoms with van der Waals surface area (Å²) in [5.74, 6) is 0.124. The van der Waals surface area contributed by atoms with E-state index in [1.165, 1.54) is 0 Å². The van der Waals surface area contributed by atoms with Crippen molar-refractivity contribution in [3.8, 4) is 5.75 Å². The highest BCUT2D eigenvalue weighted by molar-refractivity contribution is 6.06. The minimum Gasteiger partial charge on any atom is -0.508 e. The molecule has 1 aromatic carbocycles. The average molecular weight is 338 g/mol. The van der Waals surface area contributed by atoms with Gasteiger partial charge in [0.05, 0.1) is 16.6 Å². The molecule has 130 valence electrons. The van der Waals surface area contributed by atoms with Crippen molar-refractivity contribution < 1.29 is 9.90 Å². The van der Waals surface area contributed by atoms with Crippen molar-refractivity contribution in [2.24, 2.45) is 0 Å². The van der Waals surface area contributed by atoms with E-state index in [2.05, 4.69) is 15.4 Å². The summed E-state index contributed by atoms with van der Waals surface area (Å²) >= 11 is 0. The van der Waals surface area contributed by atoms with E-state index in [0.29, 0.717) is 25.1 Å². The highest BCUT2D eigenvalue weighted by Crippen LogP contribution is 2.22. The quantitative estimate of drug-likeness (QED) is 0.750. The summed E-state index contributed by atoms with van der Waals surface area (Å²) in [5.41, 5.74) is 4.04. The van der Waals surface area contributed by atoms with E-state index in [1.807, 2.05) is 43.7 Å². The van der Waals surface area contributed by atoms with E-state index in [1.54, 1.807) is 12.1 Å². The first kappa shape index (κ1) is 17.0. The standard InChI is InChI=1S/C19H22N4O2/c1-4-23-18-17(13(3)22-23)16(11-12(2)21-18)19(25)20-10-9-14-5-7-15(24)8-6-14/h5-8,11,24H,4,9-10H2,1-3H3,(H,20,25). The van der Waals surface area contributed by atoms with Gasteiger partial charge in [0.15, 0.2) is 5.65 Å². The zero-order valence-corrected chi connectivity index (χ0v) is 14.7. The number of aromatic hydroxyl groups is 1. The number of aromatic nitrogens is 3. The maximum atomic E-state index is 12.7. The monoisotopic (exact) mass is 338 g/mol. The Hall–Kier alpha value is -2.89. The van der Waals surface area contributed by atoms with Crippen molar-refractivity contribution in [3.05, 3.63) is 52.8 Å². The molecule has 0 aliphatic carbocycles. The second-order valence-electron chi connectivity index (χ2n) is 6.08. The lowest BCUT2D eigenvalue weighted by Crippen LogP contribution is -2.26. The summed E-state index contributed by atoms with van der Waals surface area (Å²) in [6.45, 7) is 7.02. The van der Waals surface area contributed by atoms with Gasteiger partial charge in [-0.1, -0.05) is 12.1 Å². The minimum atomic E-state index is -0.118. The molecule has 6 nitrogen and oxygen atoms in total. The summed E-state index contributed by atoms with van der Waals surface area (Å²) < 4.78 is 1.82. The molecule has 0 saturated heterocycles. The normalized spacial score (nSPS) is 11.0. The first-order valence-corrected chi connectivity index (χ1v) is 8.40. The summed E-state index contributed by atoms with van der Waals surface area (Å²) in [7, 11) is 0. The van der Waals surface area contributed by atoms with Crippen molar-refractivity contribution in [1.82, 2.24) is 20.1 Å². The number of carbonyl (C=O) groups is 1. The Morgan fingerprint density at radius 3 is 2.64 bits per heavy atom. The fourth-order valence-corrected chi connectivity index (χ4v) is 2.96. The number of aryl methyl sites for hydroxylation is 3. The first-order valence-electron chi connectivity index (χ1n) is 8.40. The molecular weight excluding hydrogens is 316 g/mol. The number of fused-ring (bicyclic) bond motifs is 1. The number of phenols is 1. The van der Waals surface area contributed by atoms with E-state index in [0.717, 1.165) is 28.0 Å². The molecule has 0 bridgehead atoms. The summed E-state index contributed by atoms with van der Waals surface area (Å²) in [5, 5.41) is 17.6. The summed E-state index contributed by atoms with van der Waals surface area (Å²) in [6, 6.07) is 8.81. The number of benzene rings is 1. The van der Waals surface area contributed by atoms with E-state index in [4.69, 9.17) is 0 Å². The van der Waals surface area contributed by atoms with E-state index < -0.39 is 0 Å². The molecule has 0 aliphatic heterocycles. The Balaban J connectivity index is 1.80. The summed E-state index contributed by atoms with van der Waals surface area (Å²) in [4.78, 5) is 17.2. The van der Waals surface area contributed by atoms with Gasteiger partial charge in [-0.3, -0.25) is 4.79 Å². The van der Waals surface area contributed by atoms with Crippen molar-refractivity contribution in [2.45, 2.75) is 33.7 Å². The minimum absolute atomic E-state index is 0.118. The van der Waals surface area contributed by atoms with Gasteiger partial charge in [-0.2, -0.15) is 5.10 Å². The van der Waals surface area contributed by atoms with Gasteiger partial charge in [-0.05, 0) is 51.0 Å². The molecule has 3 aromatic rings. The van der Waals surface area contributed by atoms with Crippen LogP contribution in [0.4, 0.5) is 0 Å². The second kappa shape index (κ2) is 6.93. The van der Waals surface area contributed by atoms with Crippen LogP contribution in [0.1, 0.15) is 34.2 Å². The Kier molecular flexibility index (Phi) is 4.70.